The first kappa shape index (κ1) is 5.54. The second-order valence-corrected chi connectivity index (χ2v) is 2.08. The Labute approximate surface area is 50.1 Å². The summed E-state index contributed by atoms with van der Waals surface area (Å²) in [6, 6.07) is 0. The fourth-order valence-electron chi connectivity index (χ4n) is 0.810. The van der Waals surface area contributed by atoms with Gasteiger partial charge >= 0.3 is 0 Å². The molecule has 0 amide bonds. The Balaban J connectivity index is 2.40. The maximum atomic E-state index is 3.97. The molecule has 1 rings (SSSR count). The molecule has 0 unspecified atom stereocenters. The smallest absolute Gasteiger partial charge is 0.0226 e. The lowest BCUT2D eigenvalue weighted by Gasteiger charge is -2.06. The molecule has 1 heteroatoms. The first-order chi connectivity index (χ1) is 3.93. The van der Waals surface area contributed by atoms with Gasteiger partial charge in [0.2, 0.25) is 0 Å². The van der Waals surface area contributed by atoms with Gasteiger partial charge in [0.15, 0.2) is 0 Å². The molecule has 1 aliphatic heterocycles. The summed E-state index contributed by atoms with van der Waals surface area (Å²) in [5, 5.41) is 0. The third-order valence-corrected chi connectivity index (χ3v) is 1.48. The van der Waals surface area contributed by atoms with Gasteiger partial charge in [-0.2, -0.15) is 0 Å². The summed E-state index contributed by atoms with van der Waals surface area (Å²) >= 11 is 0. The highest BCUT2D eigenvalue weighted by atomic mass is 14.7. The van der Waals surface area contributed by atoms with Crippen LogP contribution < -0.4 is 0 Å². The van der Waals surface area contributed by atoms with Crippen LogP contribution in [0, 0.1) is 5.92 Å². The zero-order valence-corrected chi connectivity index (χ0v) is 5.17. The van der Waals surface area contributed by atoms with Crippen LogP contribution in [-0.4, -0.2) is 6.21 Å². The molecule has 0 aromatic carbocycles. The third-order valence-electron chi connectivity index (χ3n) is 1.48. The number of hydrogen-bond acceptors (Lipinski definition) is 1. The lowest BCUT2D eigenvalue weighted by molar-refractivity contribution is 0.653. The molecule has 0 saturated carbocycles. The van der Waals surface area contributed by atoms with E-state index in [1.807, 2.05) is 12.4 Å². The van der Waals surface area contributed by atoms with Crippen molar-refractivity contribution in [2.24, 2.45) is 10.9 Å². The SMILES string of the molecule is CC[C@@H]1C=CN=CC1. The molecule has 44 valence electrons. The normalized spacial score (nSPS) is 26.4. The predicted octanol–water partition coefficient (Wildman–Crippen LogP) is 2.00. The summed E-state index contributed by atoms with van der Waals surface area (Å²) in [6.07, 6.45) is 8.40. The Bertz CT molecular complexity index is 114. The number of rotatable bonds is 1. The van der Waals surface area contributed by atoms with Crippen LogP contribution in [0.25, 0.3) is 0 Å². The fourth-order valence-corrected chi connectivity index (χ4v) is 0.810. The Morgan fingerprint density at radius 3 is 3.00 bits per heavy atom. The molecule has 1 atom stereocenters. The molecule has 0 aromatic rings. The van der Waals surface area contributed by atoms with Crippen LogP contribution in [0.5, 0.6) is 0 Å². The molecular weight excluding hydrogens is 98.1 g/mol. The first-order valence-corrected chi connectivity index (χ1v) is 3.11. The van der Waals surface area contributed by atoms with E-state index in [1.165, 1.54) is 6.42 Å². The Kier molecular flexibility index (Phi) is 1.84. The van der Waals surface area contributed by atoms with E-state index in [4.69, 9.17) is 0 Å². The van der Waals surface area contributed by atoms with Crippen molar-refractivity contribution in [2.45, 2.75) is 19.8 Å². The van der Waals surface area contributed by atoms with Crippen molar-refractivity contribution in [3.63, 3.8) is 0 Å². The topological polar surface area (TPSA) is 12.4 Å². The third kappa shape index (κ3) is 1.19. The molecule has 0 radical (unpaired) electrons. The van der Waals surface area contributed by atoms with Crippen LogP contribution in [0.3, 0.4) is 0 Å². The van der Waals surface area contributed by atoms with Crippen molar-refractivity contribution in [1.82, 2.24) is 0 Å². The van der Waals surface area contributed by atoms with Crippen LogP contribution in [0.15, 0.2) is 17.3 Å². The summed E-state index contributed by atoms with van der Waals surface area (Å²) in [5.74, 6) is 0.757. The maximum Gasteiger partial charge on any atom is 0.0226 e. The minimum Gasteiger partial charge on any atom is -0.269 e. The van der Waals surface area contributed by atoms with Gasteiger partial charge in [-0.1, -0.05) is 13.0 Å². The zero-order valence-electron chi connectivity index (χ0n) is 5.17. The molecule has 1 aliphatic rings. The van der Waals surface area contributed by atoms with Crippen molar-refractivity contribution in [3.8, 4) is 0 Å². The molecule has 0 fully saturated rings. The number of aliphatic imine (C=N–C) groups is 1. The summed E-state index contributed by atoms with van der Waals surface area (Å²) in [7, 11) is 0. The molecule has 0 N–H and O–H groups in total. The van der Waals surface area contributed by atoms with Gasteiger partial charge in [-0.05, 0) is 18.8 Å². The minimum absolute atomic E-state index is 0.757. The van der Waals surface area contributed by atoms with Crippen molar-refractivity contribution in [3.05, 3.63) is 12.3 Å². The molecule has 0 spiro atoms. The van der Waals surface area contributed by atoms with Crippen molar-refractivity contribution in [2.75, 3.05) is 0 Å². The van der Waals surface area contributed by atoms with Gasteiger partial charge in [-0.15, -0.1) is 0 Å². The summed E-state index contributed by atoms with van der Waals surface area (Å²) in [5.41, 5.74) is 0. The van der Waals surface area contributed by atoms with Crippen molar-refractivity contribution >= 4 is 6.21 Å². The van der Waals surface area contributed by atoms with Gasteiger partial charge in [0.1, 0.15) is 0 Å². The highest BCUT2D eigenvalue weighted by molar-refractivity contribution is 5.60. The minimum atomic E-state index is 0.757. The van der Waals surface area contributed by atoms with E-state index >= 15 is 0 Å². The lowest BCUT2D eigenvalue weighted by atomic mass is 10.0. The average molecular weight is 109 g/mol. The summed E-state index contributed by atoms with van der Waals surface area (Å²) < 4.78 is 0. The van der Waals surface area contributed by atoms with E-state index in [9.17, 15) is 0 Å². The Hall–Kier alpha value is -0.590. The summed E-state index contributed by atoms with van der Waals surface area (Å²) in [6.45, 7) is 2.20. The van der Waals surface area contributed by atoms with E-state index < -0.39 is 0 Å². The summed E-state index contributed by atoms with van der Waals surface area (Å²) in [4.78, 5) is 3.97. The zero-order chi connectivity index (χ0) is 5.82. The standard InChI is InChI=1S/C7H11N/c1-2-7-3-5-8-6-4-7/h3,5-7H,2,4H2,1H3/t7-/m1/s1. The average Bonchev–Trinajstić information content (AvgIpc) is 1.90. The second-order valence-electron chi connectivity index (χ2n) is 2.08. The van der Waals surface area contributed by atoms with Crippen LogP contribution in [0.1, 0.15) is 19.8 Å². The molecule has 1 nitrogen and oxygen atoms in total. The van der Waals surface area contributed by atoms with E-state index in [0.29, 0.717) is 0 Å². The van der Waals surface area contributed by atoms with E-state index in [2.05, 4.69) is 18.0 Å². The molecule has 0 aliphatic carbocycles. The van der Waals surface area contributed by atoms with Crippen LogP contribution >= 0.6 is 0 Å². The highest BCUT2D eigenvalue weighted by Crippen LogP contribution is 2.10. The van der Waals surface area contributed by atoms with E-state index in [0.717, 1.165) is 12.3 Å². The predicted molar refractivity (Wildman–Crippen MR) is 36.0 cm³/mol. The number of nitrogens with zero attached hydrogens (tertiary/aromatic N) is 1. The van der Waals surface area contributed by atoms with Crippen molar-refractivity contribution in [1.29, 1.82) is 0 Å². The maximum absolute atomic E-state index is 3.97. The monoisotopic (exact) mass is 109 g/mol. The Morgan fingerprint density at radius 2 is 2.62 bits per heavy atom. The van der Waals surface area contributed by atoms with Crippen LogP contribution in [-0.2, 0) is 0 Å². The number of allylic oxidation sites excluding steroid dienone is 1. The highest BCUT2D eigenvalue weighted by Gasteiger charge is 2.00. The molecule has 1 heterocycles. The van der Waals surface area contributed by atoms with Gasteiger partial charge in [0.25, 0.3) is 0 Å². The van der Waals surface area contributed by atoms with Crippen molar-refractivity contribution < 1.29 is 0 Å². The number of hydrogen-bond donors (Lipinski definition) is 0. The van der Waals surface area contributed by atoms with Gasteiger partial charge in [0, 0.05) is 12.4 Å². The quantitative estimate of drug-likeness (QED) is 0.488. The Morgan fingerprint density at radius 1 is 1.75 bits per heavy atom. The lowest BCUT2D eigenvalue weighted by Crippen LogP contribution is -1.97. The second kappa shape index (κ2) is 2.65. The van der Waals surface area contributed by atoms with Gasteiger partial charge in [-0.3, -0.25) is 4.99 Å². The molecule has 0 aromatic heterocycles. The molecule has 0 bridgehead atoms. The fraction of sp³-hybridized carbons (Fsp3) is 0.571. The van der Waals surface area contributed by atoms with Gasteiger partial charge < -0.3 is 0 Å². The van der Waals surface area contributed by atoms with Crippen LogP contribution in [0.2, 0.25) is 0 Å². The van der Waals surface area contributed by atoms with Gasteiger partial charge in [0.05, 0.1) is 0 Å². The van der Waals surface area contributed by atoms with Crippen LogP contribution in [0.4, 0.5) is 0 Å². The first-order valence-electron chi connectivity index (χ1n) is 3.11. The van der Waals surface area contributed by atoms with Gasteiger partial charge in [-0.25, -0.2) is 0 Å². The molecule has 8 heavy (non-hydrogen) atoms. The molecule has 0 saturated heterocycles. The van der Waals surface area contributed by atoms with E-state index in [-0.39, 0.29) is 0 Å². The largest absolute Gasteiger partial charge is 0.269 e. The molecular formula is C7H11N. The van der Waals surface area contributed by atoms with E-state index in [1.54, 1.807) is 0 Å².